The number of hydrogen-bond acceptors (Lipinski definition) is 9. The molecule has 1 aliphatic carbocycles. The molecule has 3 aromatic rings. The minimum Gasteiger partial charge on any atom is -0.383 e. The molecule has 36 heavy (non-hydrogen) atoms. The van der Waals surface area contributed by atoms with E-state index in [9.17, 15) is 22.7 Å². The third kappa shape index (κ3) is 6.20. The van der Waals surface area contributed by atoms with Crippen LogP contribution in [0.2, 0.25) is 9.36 Å². The van der Waals surface area contributed by atoms with Crippen molar-refractivity contribution in [1.29, 1.82) is 0 Å². The summed E-state index contributed by atoms with van der Waals surface area (Å²) < 4.78 is 41.3. The first-order valence-electron chi connectivity index (χ1n) is 10.7. The van der Waals surface area contributed by atoms with Gasteiger partial charge in [-0.3, -0.25) is 8.98 Å². The molecule has 192 valence electrons. The fourth-order valence-electron chi connectivity index (χ4n) is 4.07. The number of nitrogens with one attached hydrogen (secondary N) is 1. The molecule has 0 radical (unpaired) electrons. The predicted octanol–water partition coefficient (Wildman–Crippen LogP) is 4.10. The summed E-state index contributed by atoms with van der Waals surface area (Å²) in [6.45, 7) is -0.0153. The molecule has 4 N–H and O–H groups in total. The number of nitrogens with two attached hydrogens (primary N) is 1. The first-order chi connectivity index (χ1) is 17.0. The highest BCUT2D eigenvalue weighted by molar-refractivity contribution is 7.84. The largest absolute Gasteiger partial charge is 0.383 e. The van der Waals surface area contributed by atoms with Crippen LogP contribution in [-0.4, -0.2) is 41.9 Å². The molecule has 0 bridgehead atoms. The SMILES string of the molecule is NS(=O)(=O)OC[C@@H]1CC[C@H](Nc2ncncc2C(=O)c2cc(C(O)c3cccc(Cl)c3F)c(Cl)s2)C1. The van der Waals surface area contributed by atoms with Crippen molar-refractivity contribution >= 4 is 56.4 Å². The van der Waals surface area contributed by atoms with Crippen molar-refractivity contribution in [2.45, 2.75) is 31.4 Å². The first-order valence-corrected chi connectivity index (χ1v) is 13.8. The van der Waals surface area contributed by atoms with Gasteiger partial charge in [-0.1, -0.05) is 35.3 Å². The Balaban J connectivity index is 1.51. The third-order valence-electron chi connectivity index (χ3n) is 5.81. The molecular weight excluding hydrogens is 554 g/mol. The second kappa shape index (κ2) is 11.1. The molecular formula is C22H21Cl2FN4O5S2. The summed E-state index contributed by atoms with van der Waals surface area (Å²) in [4.78, 5) is 21.7. The number of aromatic nitrogens is 2. The molecule has 1 saturated carbocycles. The van der Waals surface area contributed by atoms with Crippen LogP contribution in [0.1, 0.15) is 51.7 Å². The standard InChI is InChI=1S/C22H21Cl2FN4O5S2/c23-16-3-1-2-13(18(16)25)19(30)14-7-17(35-21(14)24)20(31)15-8-27-10-28-22(15)29-12-5-4-11(6-12)9-34-36(26,32)33/h1-3,7-8,10-12,19,30H,4-6,9H2,(H2,26,32,33)(H,27,28,29)/t11-,12+,19?/m1/s1. The normalized spacial score (nSPS) is 18.8. The van der Waals surface area contributed by atoms with Crippen LogP contribution in [0.3, 0.4) is 0 Å². The number of anilines is 1. The summed E-state index contributed by atoms with van der Waals surface area (Å²) in [5.41, 5.74) is 0.300. The Bertz CT molecular complexity index is 1390. The van der Waals surface area contributed by atoms with Crippen LogP contribution in [0, 0.1) is 11.7 Å². The van der Waals surface area contributed by atoms with Gasteiger partial charge in [0.2, 0.25) is 5.78 Å². The number of ketones is 1. The van der Waals surface area contributed by atoms with Crippen LogP contribution in [-0.2, 0) is 14.5 Å². The van der Waals surface area contributed by atoms with E-state index in [1.165, 1.54) is 36.8 Å². The molecule has 1 aliphatic rings. The Morgan fingerprint density at radius 2 is 2.11 bits per heavy atom. The highest BCUT2D eigenvalue weighted by Crippen LogP contribution is 2.38. The van der Waals surface area contributed by atoms with E-state index in [1.54, 1.807) is 0 Å². The summed E-state index contributed by atoms with van der Waals surface area (Å²) in [5.74, 6) is -0.912. The topological polar surface area (TPSA) is 144 Å². The van der Waals surface area contributed by atoms with Gasteiger partial charge in [0, 0.05) is 23.4 Å². The Morgan fingerprint density at radius 1 is 1.33 bits per heavy atom. The monoisotopic (exact) mass is 574 g/mol. The number of nitrogens with zero attached hydrogens (tertiary/aromatic N) is 2. The van der Waals surface area contributed by atoms with E-state index in [4.69, 9.17) is 32.5 Å². The van der Waals surface area contributed by atoms with Gasteiger partial charge < -0.3 is 10.4 Å². The number of thiophene rings is 1. The summed E-state index contributed by atoms with van der Waals surface area (Å²) >= 11 is 13.1. The lowest BCUT2D eigenvalue weighted by Crippen LogP contribution is -2.22. The number of rotatable bonds is 9. The zero-order valence-corrected chi connectivity index (χ0v) is 21.7. The quantitative estimate of drug-likeness (QED) is 0.324. The number of halogens is 3. The number of aliphatic hydroxyl groups is 1. The first kappa shape index (κ1) is 26.9. The second-order valence-electron chi connectivity index (χ2n) is 8.30. The van der Waals surface area contributed by atoms with E-state index in [1.807, 2.05) is 0 Å². The minimum absolute atomic E-state index is 0.0153. The number of benzene rings is 1. The molecule has 3 atom stereocenters. The second-order valence-corrected chi connectivity index (χ2v) is 11.6. The van der Waals surface area contributed by atoms with Crippen molar-refractivity contribution in [1.82, 2.24) is 9.97 Å². The molecule has 1 unspecified atom stereocenters. The van der Waals surface area contributed by atoms with Gasteiger partial charge in [0.1, 0.15) is 24.1 Å². The van der Waals surface area contributed by atoms with Crippen molar-refractivity contribution in [3.8, 4) is 0 Å². The van der Waals surface area contributed by atoms with Gasteiger partial charge in [0.25, 0.3) is 0 Å². The molecule has 2 heterocycles. The molecule has 14 heteroatoms. The van der Waals surface area contributed by atoms with Gasteiger partial charge in [-0.15, -0.1) is 11.3 Å². The lowest BCUT2D eigenvalue weighted by molar-refractivity contribution is 0.104. The molecule has 4 rings (SSSR count). The van der Waals surface area contributed by atoms with E-state index in [0.717, 1.165) is 11.3 Å². The maximum absolute atomic E-state index is 14.4. The number of aliphatic hydroxyl groups excluding tert-OH is 1. The van der Waals surface area contributed by atoms with Gasteiger partial charge in [0.05, 0.1) is 26.4 Å². The fraction of sp³-hybridized carbons (Fsp3) is 0.318. The van der Waals surface area contributed by atoms with Crippen molar-refractivity contribution < 1.29 is 26.9 Å². The van der Waals surface area contributed by atoms with Gasteiger partial charge in [-0.2, -0.15) is 8.42 Å². The van der Waals surface area contributed by atoms with Gasteiger partial charge in [-0.25, -0.2) is 19.5 Å². The Labute approximate surface area is 220 Å². The number of carbonyl (C=O) groups excluding carboxylic acids is 1. The average molecular weight is 575 g/mol. The van der Waals surface area contributed by atoms with Crippen LogP contribution in [0.25, 0.3) is 0 Å². The Morgan fingerprint density at radius 3 is 2.86 bits per heavy atom. The van der Waals surface area contributed by atoms with E-state index >= 15 is 0 Å². The highest BCUT2D eigenvalue weighted by Gasteiger charge is 2.29. The van der Waals surface area contributed by atoms with Gasteiger partial charge >= 0.3 is 10.3 Å². The molecule has 0 spiro atoms. The molecule has 0 amide bonds. The lowest BCUT2D eigenvalue weighted by atomic mass is 10.0. The van der Waals surface area contributed by atoms with Crippen LogP contribution in [0.4, 0.5) is 10.2 Å². The van der Waals surface area contributed by atoms with Crippen LogP contribution < -0.4 is 10.5 Å². The lowest BCUT2D eigenvalue weighted by Gasteiger charge is -2.15. The Kier molecular flexibility index (Phi) is 8.25. The predicted molar refractivity (Wildman–Crippen MR) is 134 cm³/mol. The summed E-state index contributed by atoms with van der Waals surface area (Å²) in [6.07, 6.45) is 3.27. The van der Waals surface area contributed by atoms with Crippen molar-refractivity contribution in [2.24, 2.45) is 11.1 Å². The van der Waals surface area contributed by atoms with E-state index < -0.39 is 28.0 Å². The summed E-state index contributed by atoms with van der Waals surface area (Å²) in [6, 6.07) is 5.59. The minimum atomic E-state index is -4.01. The van der Waals surface area contributed by atoms with Crippen LogP contribution >= 0.6 is 34.5 Å². The maximum Gasteiger partial charge on any atom is 0.333 e. The van der Waals surface area contributed by atoms with Crippen molar-refractivity contribution in [3.05, 3.63) is 73.5 Å². The molecule has 9 nitrogen and oxygen atoms in total. The van der Waals surface area contributed by atoms with Gasteiger partial charge in [0.15, 0.2) is 0 Å². The van der Waals surface area contributed by atoms with E-state index in [0.29, 0.717) is 25.1 Å². The van der Waals surface area contributed by atoms with Gasteiger partial charge in [-0.05, 0) is 37.3 Å². The number of hydrogen-bond donors (Lipinski definition) is 3. The molecule has 0 aliphatic heterocycles. The summed E-state index contributed by atoms with van der Waals surface area (Å²) in [7, 11) is -4.01. The maximum atomic E-state index is 14.4. The van der Waals surface area contributed by atoms with Crippen LogP contribution in [0.5, 0.6) is 0 Å². The Hall–Kier alpha value is -2.19. The fourth-order valence-corrected chi connectivity index (χ4v) is 5.91. The smallest absolute Gasteiger partial charge is 0.333 e. The highest BCUT2D eigenvalue weighted by atomic mass is 35.5. The van der Waals surface area contributed by atoms with Crippen molar-refractivity contribution in [2.75, 3.05) is 11.9 Å². The van der Waals surface area contributed by atoms with Crippen LogP contribution in [0.15, 0.2) is 36.8 Å². The molecule has 1 aromatic carbocycles. The average Bonchev–Trinajstić information content (AvgIpc) is 3.45. The van der Waals surface area contributed by atoms with Crippen molar-refractivity contribution in [3.63, 3.8) is 0 Å². The zero-order chi connectivity index (χ0) is 26.0. The van der Waals surface area contributed by atoms with E-state index in [-0.39, 0.29) is 49.5 Å². The molecule has 0 saturated heterocycles. The third-order valence-corrected chi connectivity index (χ3v) is 7.96. The molecule has 2 aromatic heterocycles. The zero-order valence-electron chi connectivity index (χ0n) is 18.5. The summed E-state index contributed by atoms with van der Waals surface area (Å²) in [5, 5.41) is 18.7. The number of carbonyl (C=O) groups is 1. The van der Waals surface area contributed by atoms with E-state index in [2.05, 4.69) is 15.3 Å². The molecule has 1 fully saturated rings.